The van der Waals surface area contributed by atoms with Gasteiger partial charge in [0.15, 0.2) is 0 Å². The van der Waals surface area contributed by atoms with Crippen molar-refractivity contribution in [1.29, 1.82) is 0 Å². The Hall–Kier alpha value is -1.17. The van der Waals surface area contributed by atoms with Crippen LogP contribution in [0.2, 0.25) is 0 Å². The van der Waals surface area contributed by atoms with E-state index < -0.39 is 10.8 Å². The van der Waals surface area contributed by atoms with Gasteiger partial charge < -0.3 is 10.3 Å². The van der Waals surface area contributed by atoms with Crippen molar-refractivity contribution in [3.05, 3.63) is 22.2 Å². The molecule has 1 aromatic rings. The van der Waals surface area contributed by atoms with Crippen LogP contribution in [-0.2, 0) is 17.2 Å². The Morgan fingerprint density at radius 1 is 1.59 bits per heavy atom. The minimum absolute atomic E-state index is 0.147. The van der Waals surface area contributed by atoms with Gasteiger partial charge in [0.05, 0.1) is 0 Å². The molecule has 6 heteroatoms. The Bertz CT molecular complexity index is 445. The van der Waals surface area contributed by atoms with Gasteiger partial charge >= 0.3 is 0 Å². The molecular weight excluding hydrogens is 238 g/mol. The zero-order valence-electron chi connectivity index (χ0n) is 10.4. The summed E-state index contributed by atoms with van der Waals surface area (Å²) >= 11 is 0. The SMILES string of the molecule is CCc1nc(NCCC(C)S(C)=O)cc(=O)[nH]1. The molecule has 2 unspecified atom stereocenters. The van der Waals surface area contributed by atoms with E-state index in [4.69, 9.17) is 0 Å². The van der Waals surface area contributed by atoms with Gasteiger partial charge in [0.25, 0.3) is 5.56 Å². The van der Waals surface area contributed by atoms with Crippen molar-refractivity contribution in [1.82, 2.24) is 9.97 Å². The average Bonchev–Trinajstić information content (AvgIpc) is 2.27. The molecule has 0 aliphatic rings. The molecule has 0 aliphatic heterocycles. The van der Waals surface area contributed by atoms with Crippen molar-refractivity contribution < 1.29 is 4.21 Å². The van der Waals surface area contributed by atoms with Gasteiger partial charge in [-0.15, -0.1) is 0 Å². The monoisotopic (exact) mass is 257 g/mol. The smallest absolute Gasteiger partial charge is 0.252 e. The lowest BCUT2D eigenvalue weighted by molar-refractivity contribution is 0.672. The molecule has 0 bridgehead atoms. The summed E-state index contributed by atoms with van der Waals surface area (Å²) in [4.78, 5) is 18.2. The lowest BCUT2D eigenvalue weighted by Gasteiger charge is -2.09. The average molecular weight is 257 g/mol. The van der Waals surface area contributed by atoms with E-state index in [0.717, 1.165) is 6.42 Å². The van der Waals surface area contributed by atoms with E-state index in [1.54, 1.807) is 6.26 Å². The molecule has 0 spiro atoms. The number of rotatable bonds is 6. The van der Waals surface area contributed by atoms with E-state index in [0.29, 0.717) is 24.6 Å². The van der Waals surface area contributed by atoms with Crippen molar-refractivity contribution in [2.45, 2.75) is 31.9 Å². The molecular formula is C11H19N3O2S. The first kappa shape index (κ1) is 13.9. The number of aromatic nitrogens is 2. The van der Waals surface area contributed by atoms with Gasteiger partial charge in [-0.25, -0.2) is 4.98 Å². The molecule has 0 amide bonds. The molecule has 1 aromatic heterocycles. The zero-order chi connectivity index (χ0) is 12.8. The Labute approximate surface area is 104 Å². The lowest BCUT2D eigenvalue weighted by atomic mass is 10.3. The zero-order valence-corrected chi connectivity index (χ0v) is 11.3. The molecule has 0 aromatic carbocycles. The molecule has 96 valence electrons. The van der Waals surface area contributed by atoms with Crippen molar-refractivity contribution in [2.24, 2.45) is 0 Å². The molecule has 1 heterocycles. The number of aromatic amines is 1. The Kier molecular flexibility index (Phi) is 5.34. The second kappa shape index (κ2) is 6.54. The highest BCUT2D eigenvalue weighted by molar-refractivity contribution is 7.84. The number of H-pyrrole nitrogens is 1. The van der Waals surface area contributed by atoms with Gasteiger partial charge in [0, 0.05) is 41.3 Å². The Balaban J connectivity index is 2.55. The molecule has 17 heavy (non-hydrogen) atoms. The van der Waals surface area contributed by atoms with Crippen molar-refractivity contribution in [2.75, 3.05) is 18.1 Å². The van der Waals surface area contributed by atoms with Crippen LogP contribution in [0.5, 0.6) is 0 Å². The minimum Gasteiger partial charge on any atom is -0.370 e. The predicted octanol–water partition coefficient (Wildman–Crippen LogP) is 0.901. The minimum atomic E-state index is -0.807. The highest BCUT2D eigenvalue weighted by atomic mass is 32.2. The van der Waals surface area contributed by atoms with E-state index in [1.807, 2.05) is 13.8 Å². The van der Waals surface area contributed by atoms with Crippen LogP contribution in [0, 0.1) is 0 Å². The fourth-order valence-corrected chi connectivity index (χ4v) is 1.79. The van der Waals surface area contributed by atoms with E-state index in [1.165, 1.54) is 6.07 Å². The van der Waals surface area contributed by atoms with Crippen LogP contribution in [0.3, 0.4) is 0 Å². The second-order valence-corrected chi connectivity index (χ2v) is 5.76. The van der Waals surface area contributed by atoms with Gasteiger partial charge in [-0.3, -0.25) is 9.00 Å². The number of hydrogen-bond acceptors (Lipinski definition) is 4. The van der Waals surface area contributed by atoms with Crippen LogP contribution < -0.4 is 10.9 Å². The van der Waals surface area contributed by atoms with E-state index in [9.17, 15) is 9.00 Å². The fourth-order valence-electron chi connectivity index (χ4n) is 1.34. The van der Waals surface area contributed by atoms with Gasteiger partial charge in [-0.2, -0.15) is 0 Å². The lowest BCUT2D eigenvalue weighted by Crippen LogP contribution is -2.17. The van der Waals surface area contributed by atoms with Crippen LogP contribution in [0.15, 0.2) is 10.9 Å². The largest absolute Gasteiger partial charge is 0.370 e. The van der Waals surface area contributed by atoms with Gasteiger partial charge in [-0.05, 0) is 6.42 Å². The van der Waals surface area contributed by atoms with Crippen molar-refractivity contribution in [3.8, 4) is 0 Å². The summed E-state index contributed by atoms with van der Waals surface area (Å²) < 4.78 is 11.2. The van der Waals surface area contributed by atoms with Crippen LogP contribution >= 0.6 is 0 Å². The first-order valence-corrected chi connectivity index (χ1v) is 7.31. The summed E-state index contributed by atoms with van der Waals surface area (Å²) in [5.41, 5.74) is -0.147. The standard InChI is InChI=1S/C11H19N3O2S/c1-4-9-13-10(7-11(15)14-9)12-6-5-8(2)17(3)16/h7-8H,4-6H2,1-3H3,(H2,12,13,14,15). The second-order valence-electron chi connectivity index (χ2n) is 3.96. The fraction of sp³-hybridized carbons (Fsp3) is 0.636. The maximum absolute atomic E-state index is 11.3. The maximum atomic E-state index is 11.3. The number of nitrogens with one attached hydrogen (secondary N) is 2. The number of aryl methyl sites for hydroxylation is 1. The van der Waals surface area contributed by atoms with Crippen LogP contribution in [0.25, 0.3) is 0 Å². The molecule has 0 aliphatic carbocycles. The summed E-state index contributed by atoms with van der Waals surface area (Å²) in [6.45, 7) is 4.55. The van der Waals surface area contributed by atoms with E-state index in [-0.39, 0.29) is 10.8 Å². The van der Waals surface area contributed by atoms with Gasteiger partial charge in [0.1, 0.15) is 11.6 Å². The first-order chi connectivity index (χ1) is 8.02. The number of hydrogen-bond donors (Lipinski definition) is 2. The summed E-state index contributed by atoms with van der Waals surface area (Å²) in [7, 11) is -0.807. The third-order valence-electron chi connectivity index (χ3n) is 2.55. The molecule has 0 saturated carbocycles. The molecule has 0 radical (unpaired) electrons. The molecule has 2 N–H and O–H groups in total. The van der Waals surface area contributed by atoms with E-state index >= 15 is 0 Å². The van der Waals surface area contributed by atoms with Crippen LogP contribution in [0.4, 0.5) is 5.82 Å². The van der Waals surface area contributed by atoms with Crippen molar-refractivity contribution >= 4 is 16.6 Å². The van der Waals surface area contributed by atoms with Crippen LogP contribution in [-0.4, -0.2) is 32.2 Å². The normalized spacial score (nSPS) is 14.3. The third kappa shape index (κ3) is 4.68. The topological polar surface area (TPSA) is 74.8 Å². The van der Waals surface area contributed by atoms with Crippen molar-refractivity contribution in [3.63, 3.8) is 0 Å². The predicted molar refractivity (Wildman–Crippen MR) is 70.9 cm³/mol. The molecule has 5 nitrogen and oxygen atoms in total. The summed E-state index contributed by atoms with van der Waals surface area (Å²) in [5.74, 6) is 1.26. The molecule has 2 atom stereocenters. The molecule has 1 rings (SSSR count). The highest BCUT2D eigenvalue weighted by Crippen LogP contribution is 2.03. The quantitative estimate of drug-likeness (QED) is 0.794. The summed E-state index contributed by atoms with van der Waals surface area (Å²) in [6.07, 6.45) is 3.19. The highest BCUT2D eigenvalue weighted by Gasteiger charge is 2.06. The number of nitrogens with zero attached hydrogens (tertiary/aromatic N) is 1. The van der Waals surface area contributed by atoms with Crippen LogP contribution in [0.1, 0.15) is 26.1 Å². The Morgan fingerprint density at radius 2 is 2.29 bits per heavy atom. The van der Waals surface area contributed by atoms with Gasteiger partial charge in [0.2, 0.25) is 0 Å². The summed E-state index contributed by atoms with van der Waals surface area (Å²) in [5, 5.41) is 3.23. The molecule has 0 fully saturated rings. The maximum Gasteiger partial charge on any atom is 0.252 e. The van der Waals surface area contributed by atoms with Gasteiger partial charge in [-0.1, -0.05) is 13.8 Å². The third-order valence-corrected chi connectivity index (χ3v) is 3.92. The molecule has 0 saturated heterocycles. The summed E-state index contributed by atoms with van der Waals surface area (Å²) in [6, 6.07) is 1.44. The Morgan fingerprint density at radius 3 is 2.88 bits per heavy atom. The van der Waals surface area contributed by atoms with E-state index in [2.05, 4.69) is 15.3 Å². The number of anilines is 1. The first-order valence-electron chi connectivity index (χ1n) is 5.69.